The van der Waals surface area contributed by atoms with Crippen molar-refractivity contribution in [2.45, 2.75) is 29.6 Å². The van der Waals surface area contributed by atoms with E-state index in [0.717, 1.165) is 28.3 Å². The summed E-state index contributed by atoms with van der Waals surface area (Å²) in [6.45, 7) is 3.04. The molecule has 0 atom stereocenters. The topological polar surface area (TPSA) is 89.0 Å². The minimum atomic E-state index is -0.254. The molecule has 150 valence electrons. The van der Waals surface area contributed by atoms with Gasteiger partial charge in [-0.15, -0.1) is 0 Å². The Hall–Kier alpha value is -2.84. The standard InChI is InChI=1S/C21H22N4O3S/c1-14-22-21(27)25(24-14)17-5-7-18(8-6-17)29-19-4-2-3-16(13-19)23-20(26)15-9-11-28-12-10-15/h2-8,13,15H,9-12H2,1H3,(H,23,26)(H,22,24,27). The van der Waals surface area contributed by atoms with Crippen LogP contribution in [0.5, 0.6) is 0 Å². The number of hydrogen-bond acceptors (Lipinski definition) is 5. The SMILES string of the molecule is Cc1nn(-c2ccc(Sc3cccc(NC(=O)C4CCOCC4)c3)cc2)c(=O)[nH]1. The molecule has 29 heavy (non-hydrogen) atoms. The molecule has 0 saturated carbocycles. The summed E-state index contributed by atoms with van der Waals surface area (Å²) in [5.74, 6) is 0.647. The van der Waals surface area contributed by atoms with Crippen molar-refractivity contribution < 1.29 is 9.53 Å². The van der Waals surface area contributed by atoms with Crippen molar-refractivity contribution in [3.05, 3.63) is 64.8 Å². The second-order valence-electron chi connectivity index (χ2n) is 6.93. The zero-order valence-electron chi connectivity index (χ0n) is 16.1. The lowest BCUT2D eigenvalue weighted by Gasteiger charge is -2.21. The average molecular weight is 410 g/mol. The maximum Gasteiger partial charge on any atom is 0.348 e. The third-order valence-corrected chi connectivity index (χ3v) is 5.74. The maximum absolute atomic E-state index is 12.4. The van der Waals surface area contributed by atoms with Gasteiger partial charge in [0.05, 0.1) is 5.69 Å². The number of anilines is 1. The van der Waals surface area contributed by atoms with E-state index in [0.29, 0.717) is 24.7 Å². The molecule has 1 aliphatic rings. The average Bonchev–Trinajstić information content (AvgIpc) is 3.07. The Bertz CT molecular complexity index is 1050. The number of ether oxygens (including phenoxy) is 1. The maximum atomic E-state index is 12.4. The Balaban J connectivity index is 1.43. The number of amides is 1. The summed E-state index contributed by atoms with van der Waals surface area (Å²) in [6.07, 6.45) is 1.54. The third-order valence-electron chi connectivity index (χ3n) is 4.74. The van der Waals surface area contributed by atoms with E-state index in [-0.39, 0.29) is 17.5 Å². The molecule has 0 aliphatic carbocycles. The molecule has 0 radical (unpaired) electrons. The molecule has 1 saturated heterocycles. The number of nitrogens with one attached hydrogen (secondary N) is 2. The third kappa shape index (κ3) is 4.78. The van der Waals surface area contributed by atoms with E-state index in [1.807, 2.05) is 48.5 Å². The van der Waals surface area contributed by atoms with Gasteiger partial charge in [0.25, 0.3) is 0 Å². The van der Waals surface area contributed by atoms with Crippen molar-refractivity contribution in [1.82, 2.24) is 14.8 Å². The van der Waals surface area contributed by atoms with Crippen molar-refractivity contribution in [3.8, 4) is 5.69 Å². The van der Waals surface area contributed by atoms with E-state index in [9.17, 15) is 9.59 Å². The quantitative estimate of drug-likeness (QED) is 0.673. The summed E-state index contributed by atoms with van der Waals surface area (Å²) >= 11 is 1.59. The number of H-pyrrole nitrogens is 1. The molecule has 1 fully saturated rings. The zero-order chi connectivity index (χ0) is 20.2. The number of carbonyl (C=O) groups is 1. The molecule has 1 amide bonds. The Morgan fingerprint density at radius 2 is 1.93 bits per heavy atom. The van der Waals surface area contributed by atoms with E-state index in [2.05, 4.69) is 15.4 Å². The number of aromatic amines is 1. The van der Waals surface area contributed by atoms with E-state index in [1.165, 1.54) is 4.68 Å². The van der Waals surface area contributed by atoms with Gasteiger partial charge in [-0.05, 0) is 62.2 Å². The normalized spacial score (nSPS) is 14.7. The number of benzene rings is 2. The summed E-state index contributed by atoms with van der Waals surface area (Å²) in [6, 6.07) is 15.4. The Labute approximate surface area is 172 Å². The highest BCUT2D eigenvalue weighted by Gasteiger charge is 2.21. The van der Waals surface area contributed by atoms with Gasteiger partial charge in [0.2, 0.25) is 5.91 Å². The second kappa shape index (κ2) is 8.67. The summed E-state index contributed by atoms with van der Waals surface area (Å²) in [5.41, 5.74) is 1.25. The Morgan fingerprint density at radius 3 is 2.62 bits per heavy atom. The van der Waals surface area contributed by atoms with E-state index < -0.39 is 0 Å². The first-order valence-corrected chi connectivity index (χ1v) is 10.3. The van der Waals surface area contributed by atoms with Crippen LogP contribution in [0.4, 0.5) is 5.69 Å². The number of aryl methyl sites for hydroxylation is 1. The lowest BCUT2D eigenvalue weighted by molar-refractivity contribution is -0.122. The molecule has 4 rings (SSSR count). The van der Waals surface area contributed by atoms with Gasteiger partial charge in [-0.25, -0.2) is 4.79 Å². The molecule has 2 heterocycles. The first kappa shape index (κ1) is 19.5. The van der Waals surface area contributed by atoms with Crippen LogP contribution in [0.25, 0.3) is 5.69 Å². The van der Waals surface area contributed by atoms with Crippen LogP contribution in [0, 0.1) is 12.8 Å². The molecule has 1 aliphatic heterocycles. The molecular weight excluding hydrogens is 388 g/mol. The fourth-order valence-electron chi connectivity index (χ4n) is 3.24. The van der Waals surface area contributed by atoms with Crippen LogP contribution in [0.3, 0.4) is 0 Å². The van der Waals surface area contributed by atoms with Crippen LogP contribution in [0.15, 0.2) is 63.1 Å². The number of carbonyl (C=O) groups excluding carboxylic acids is 1. The van der Waals surface area contributed by atoms with Gasteiger partial charge in [0, 0.05) is 34.6 Å². The smallest absolute Gasteiger partial charge is 0.348 e. The van der Waals surface area contributed by atoms with Gasteiger partial charge in [-0.3, -0.25) is 9.78 Å². The van der Waals surface area contributed by atoms with Crippen molar-refractivity contribution in [2.75, 3.05) is 18.5 Å². The van der Waals surface area contributed by atoms with Gasteiger partial charge in [0.1, 0.15) is 5.82 Å². The van der Waals surface area contributed by atoms with Gasteiger partial charge in [0.15, 0.2) is 0 Å². The first-order chi connectivity index (χ1) is 14.1. The van der Waals surface area contributed by atoms with Crippen LogP contribution >= 0.6 is 11.8 Å². The van der Waals surface area contributed by atoms with Crippen LogP contribution in [0.2, 0.25) is 0 Å². The van der Waals surface area contributed by atoms with Crippen LogP contribution in [-0.2, 0) is 9.53 Å². The minimum Gasteiger partial charge on any atom is -0.381 e. The monoisotopic (exact) mass is 410 g/mol. The molecule has 7 nitrogen and oxygen atoms in total. The lowest BCUT2D eigenvalue weighted by Crippen LogP contribution is -2.28. The van der Waals surface area contributed by atoms with Gasteiger partial charge in [-0.2, -0.15) is 9.78 Å². The summed E-state index contributed by atoms with van der Waals surface area (Å²) in [5, 5.41) is 7.18. The molecular formula is C21H22N4O3S. The fraction of sp³-hybridized carbons (Fsp3) is 0.286. The highest BCUT2D eigenvalue weighted by Crippen LogP contribution is 2.30. The summed E-state index contributed by atoms with van der Waals surface area (Å²) < 4.78 is 6.67. The van der Waals surface area contributed by atoms with Crippen LogP contribution < -0.4 is 11.0 Å². The second-order valence-corrected chi connectivity index (χ2v) is 8.07. The Kier molecular flexibility index (Phi) is 5.82. The van der Waals surface area contributed by atoms with Gasteiger partial charge in [-0.1, -0.05) is 17.8 Å². The first-order valence-electron chi connectivity index (χ1n) is 9.51. The van der Waals surface area contributed by atoms with Crippen LogP contribution in [-0.4, -0.2) is 33.9 Å². The summed E-state index contributed by atoms with van der Waals surface area (Å²) in [7, 11) is 0. The molecule has 2 N–H and O–H groups in total. The lowest BCUT2D eigenvalue weighted by atomic mass is 9.99. The van der Waals surface area contributed by atoms with Gasteiger partial charge < -0.3 is 10.1 Å². The van der Waals surface area contributed by atoms with E-state index >= 15 is 0 Å². The number of nitrogens with zero attached hydrogens (tertiary/aromatic N) is 2. The number of hydrogen-bond donors (Lipinski definition) is 2. The largest absolute Gasteiger partial charge is 0.381 e. The minimum absolute atomic E-state index is 0.0155. The van der Waals surface area contributed by atoms with Crippen molar-refractivity contribution in [1.29, 1.82) is 0 Å². The highest BCUT2D eigenvalue weighted by atomic mass is 32.2. The van der Waals surface area contributed by atoms with Gasteiger partial charge >= 0.3 is 5.69 Å². The molecule has 1 aromatic heterocycles. The van der Waals surface area contributed by atoms with Crippen molar-refractivity contribution in [2.24, 2.45) is 5.92 Å². The molecule has 8 heteroatoms. The van der Waals surface area contributed by atoms with E-state index in [1.54, 1.807) is 18.7 Å². The molecule has 0 spiro atoms. The molecule has 2 aromatic carbocycles. The predicted molar refractivity (Wildman–Crippen MR) is 112 cm³/mol. The number of aromatic nitrogens is 3. The molecule has 0 bridgehead atoms. The molecule has 3 aromatic rings. The number of rotatable bonds is 5. The highest BCUT2D eigenvalue weighted by molar-refractivity contribution is 7.99. The van der Waals surface area contributed by atoms with Crippen LogP contribution in [0.1, 0.15) is 18.7 Å². The summed E-state index contributed by atoms with van der Waals surface area (Å²) in [4.78, 5) is 29.0. The zero-order valence-corrected chi connectivity index (χ0v) is 16.9. The van der Waals surface area contributed by atoms with Crippen molar-refractivity contribution >= 4 is 23.4 Å². The van der Waals surface area contributed by atoms with E-state index in [4.69, 9.17) is 4.74 Å². The fourth-order valence-corrected chi connectivity index (χ4v) is 4.11. The predicted octanol–water partition coefficient (Wildman–Crippen LogP) is 3.39. The molecule has 0 unspecified atom stereocenters. The van der Waals surface area contributed by atoms with Crippen molar-refractivity contribution in [3.63, 3.8) is 0 Å². The Morgan fingerprint density at radius 1 is 1.17 bits per heavy atom.